The van der Waals surface area contributed by atoms with Gasteiger partial charge in [0.25, 0.3) is 0 Å². The van der Waals surface area contributed by atoms with Crippen molar-refractivity contribution in [1.29, 1.82) is 0 Å². The van der Waals surface area contributed by atoms with E-state index in [-0.39, 0.29) is 14.5 Å². The Morgan fingerprint density at radius 3 is 2.75 bits per heavy atom. The summed E-state index contributed by atoms with van der Waals surface area (Å²) in [7, 11) is 0. The van der Waals surface area contributed by atoms with Gasteiger partial charge in [0.15, 0.2) is 0 Å². The Bertz CT molecular complexity index is 239. The van der Waals surface area contributed by atoms with Gasteiger partial charge in [0.05, 0.1) is 0 Å². The van der Waals surface area contributed by atoms with Crippen molar-refractivity contribution in [3.05, 3.63) is 16.6 Å². The van der Waals surface area contributed by atoms with Gasteiger partial charge < -0.3 is 0 Å². The van der Waals surface area contributed by atoms with E-state index in [9.17, 15) is 8.78 Å². The molecule has 0 aliphatic rings. The third-order valence-electron chi connectivity index (χ3n) is 1.14. The molecule has 1 aromatic rings. The molecule has 0 saturated heterocycles. The van der Waals surface area contributed by atoms with E-state index in [2.05, 4.69) is 15.9 Å². The zero-order chi connectivity index (χ0) is 8.97. The molecular weight excluding hydrogens is 313 g/mol. The Hall–Kier alpha value is 0.689. The number of alkyl halides is 3. The molecule has 1 aromatic heterocycles. The summed E-state index contributed by atoms with van der Waals surface area (Å²) in [5, 5.41) is 0.912. The quantitative estimate of drug-likeness (QED) is 0.466. The molecular formula is C7H7BrF2SSe. The van der Waals surface area contributed by atoms with Gasteiger partial charge in [-0.1, -0.05) is 0 Å². The van der Waals surface area contributed by atoms with E-state index in [1.807, 2.05) is 6.07 Å². The molecule has 0 saturated carbocycles. The van der Waals surface area contributed by atoms with E-state index in [0.29, 0.717) is 4.44 Å². The number of hydrogen-bond acceptors (Lipinski definition) is 1. The summed E-state index contributed by atoms with van der Waals surface area (Å²) in [4.78, 5) is 0. The van der Waals surface area contributed by atoms with Crippen molar-refractivity contribution in [2.75, 3.05) is 11.1 Å². The molecule has 0 fully saturated rings. The van der Waals surface area contributed by atoms with Crippen LogP contribution in [0.1, 0.15) is 10.9 Å². The second kappa shape index (κ2) is 5.43. The van der Waals surface area contributed by atoms with Crippen LogP contribution in [0.25, 0.3) is 0 Å². The van der Waals surface area contributed by atoms with E-state index in [0.717, 1.165) is 14.9 Å². The summed E-state index contributed by atoms with van der Waals surface area (Å²) in [5.41, 5.74) is 0. The first-order valence-corrected chi connectivity index (χ1v) is 7.12. The summed E-state index contributed by atoms with van der Waals surface area (Å²) in [6.07, 6.45) is -2.26. The fourth-order valence-electron chi connectivity index (χ4n) is 0.668. The van der Waals surface area contributed by atoms with Crippen molar-refractivity contribution in [1.82, 2.24) is 0 Å². The fourth-order valence-corrected chi connectivity index (χ4v) is 4.30. The summed E-state index contributed by atoms with van der Waals surface area (Å²) in [6, 6.07) is 3.37. The maximum atomic E-state index is 12.1. The minimum absolute atomic E-state index is 0.110. The zero-order valence-corrected chi connectivity index (χ0v) is 10.2. The molecule has 0 unspecified atom stereocenters. The van der Waals surface area contributed by atoms with Gasteiger partial charge in [0, 0.05) is 0 Å². The summed E-state index contributed by atoms with van der Waals surface area (Å²) in [5.74, 6) is 0.956. The van der Waals surface area contributed by atoms with Crippen LogP contribution in [0.2, 0.25) is 0 Å². The van der Waals surface area contributed by atoms with Crippen molar-refractivity contribution in [3.8, 4) is 0 Å². The summed E-state index contributed by atoms with van der Waals surface area (Å²) >= 11 is 4.85. The minimum atomic E-state index is -2.26. The van der Waals surface area contributed by atoms with Crippen LogP contribution in [-0.4, -0.2) is 25.6 Å². The average molecular weight is 320 g/mol. The van der Waals surface area contributed by atoms with Gasteiger partial charge in [-0.25, -0.2) is 0 Å². The molecule has 12 heavy (non-hydrogen) atoms. The Labute approximate surface area is 88.6 Å². The van der Waals surface area contributed by atoms with E-state index in [1.165, 1.54) is 0 Å². The maximum absolute atomic E-state index is 12.1. The molecule has 1 rings (SSSR count). The van der Waals surface area contributed by atoms with Crippen LogP contribution in [0.4, 0.5) is 8.78 Å². The number of halogens is 3. The van der Waals surface area contributed by atoms with Crippen LogP contribution in [0, 0.1) is 0 Å². The van der Waals surface area contributed by atoms with Crippen molar-refractivity contribution in [2.24, 2.45) is 0 Å². The van der Waals surface area contributed by atoms with Gasteiger partial charge in [-0.2, -0.15) is 0 Å². The van der Waals surface area contributed by atoms with Crippen LogP contribution in [0.5, 0.6) is 0 Å². The second-order valence-corrected chi connectivity index (χ2v) is 6.85. The van der Waals surface area contributed by atoms with Gasteiger partial charge in [-0.05, 0) is 0 Å². The monoisotopic (exact) mass is 320 g/mol. The standard InChI is InChI=1S/C7H7BrF2SSe/c8-3-4-11-6-2-1-5(12-6)7(9)10/h1-2,7H,3-4H2. The molecule has 0 radical (unpaired) electrons. The van der Waals surface area contributed by atoms with Crippen molar-refractivity contribution in [2.45, 2.75) is 10.2 Å². The number of hydrogen-bond donors (Lipinski definition) is 0. The predicted molar refractivity (Wildman–Crippen MR) is 52.9 cm³/mol. The normalized spacial score (nSPS) is 11.0. The number of thioether (sulfide) groups is 1. The Balaban J connectivity index is 2.52. The zero-order valence-electron chi connectivity index (χ0n) is 6.10. The number of rotatable bonds is 4. The third kappa shape index (κ3) is 3.21. The van der Waals surface area contributed by atoms with Gasteiger partial charge in [-0.3, -0.25) is 0 Å². The molecule has 0 aromatic carbocycles. The SMILES string of the molecule is FC(F)c1ccc(SCCBr)[se]1. The third-order valence-corrected chi connectivity index (χ3v) is 5.93. The van der Waals surface area contributed by atoms with E-state index < -0.39 is 6.43 Å². The van der Waals surface area contributed by atoms with Crippen LogP contribution < -0.4 is 0 Å². The molecule has 0 N–H and O–H groups in total. The van der Waals surface area contributed by atoms with Gasteiger partial charge in [-0.15, -0.1) is 0 Å². The molecule has 68 valence electrons. The van der Waals surface area contributed by atoms with Crippen LogP contribution >= 0.6 is 27.7 Å². The Morgan fingerprint density at radius 2 is 2.25 bits per heavy atom. The first kappa shape index (κ1) is 10.8. The molecule has 0 amide bonds. The van der Waals surface area contributed by atoms with Crippen LogP contribution in [-0.2, 0) is 0 Å². The predicted octanol–water partition coefficient (Wildman–Crippen LogP) is 3.17. The second-order valence-electron chi connectivity index (χ2n) is 1.99. The Kier molecular flexibility index (Phi) is 4.87. The molecule has 0 aliphatic carbocycles. The summed E-state index contributed by atoms with van der Waals surface area (Å²) in [6.45, 7) is 0. The molecule has 0 nitrogen and oxygen atoms in total. The molecule has 0 aliphatic heterocycles. The first-order chi connectivity index (χ1) is 5.74. The van der Waals surface area contributed by atoms with Gasteiger partial charge >= 0.3 is 88.8 Å². The molecule has 1 heterocycles. The van der Waals surface area contributed by atoms with Crippen LogP contribution in [0.15, 0.2) is 15.9 Å². The van der Waals surface area contributed by atoms with Crippen molar-refractivity contribution >= 4 is 42.2 Å². The molecule has 0 spiro atoms. The van der Waals surface area contributed by atoms with E-state index in [1.54, 1.807) is 17.8 Å². The van der Waals surface area contributed by atoms with Crippen molar-refractivity contribution < 1.29 is 8.78 Å². The van der Waals surface area contributed by atoms with Crippen LogP contribution in [0.3, 0.4) is 0 Å². The topological polar surface area (TPSA) is 0 Å². The van der Waals surface area contributed by atoms with E-state index in [4.69, 9.17) is 0 Å². The fraction of sp³-hybridized carbons (Fsp3) is 0.429. The van der Waals surface area contributed by atoms with Gasteiger partial charge in [0.2, 0.25) is 0 Å². The Morgan fingerprint density at radius 1 is 1.50 bits per heavy atom. The molecule has 0 atom stereocenters. The summed E-state index contributed by atoms with van der Waals surface area (Å²) < 4.78 is 25.7. The van der Waals surface area contributed by atoms with Crippen molar-refractivity contribution in [3.63, 3.8) is 0 Å². The average Bonchev–Trinajstić information content (AvgIpc) is 2.48. The first-order valence-electron chi connectivity index (χ1n) is 3.30. The molecule has 5 heteroatoms. The van der Waals surface area contributed by atoms with Gasteiger partial charge in [0.1, 0.15) is 0 Å². The molecule has 0 bridgehead atoms. The van der Waals surface area contributed by atoms with E-state index >= 15 is 0 Å².